The zero-order valence-corrected chi connectivity index (χ0v) is 18.7. The second-order valence-electron chi connectivity index (χ2n) is 8.72. The average molecular weight is 463 g/mol. The van der Waals surface area contributed by atoms with Gasteiger partial charge in [0.15, 0.2) is 0 Å². The van der Waals surface area contributed by atoms with Crippen LogP contribution in [0.2, 0.25) is 0 Å². The first-order valence-corrected chi connectivity index (χ1v) is 11.4. The van der Waals surface area contributed by atoms with E-state index in [2.05, 4.69) is 15.7 Å². The number of benzene rings is 2. The molecule has 168 valence electrons. The molecule has 2 aromatic carbocycles. The maximum absolute atomic E-state index is 14.6. The number of rotatable bonds is 8. The highest BCUT2D eigenvalue weighted by Gasteiger charge is 2.45. The normalized spacial score (nSPS) is 16.2. The van der Waals surface area contributed by atoms with Gasteiger partial charge in [-0.3, -0.25) is 9.59 Å². The molecule has 2 aliphatic rings. The Bertz CT molecular complexity index is 1250. The van der Waals surface area contributed by atoms with E-state index in [4.69, 9.17) is 12.2 Å². The Labute approximate surface area is 196 Å². The maximum atomic E-state index is 14.6. The minimum Gasteiger partial charge on any atom is -0.366 e. The minimum absolute atomic E-state index is 0.190. The fraction of sp³-hybridized carbons (Fsp3) is 0.280. The van der Waals surface area contributed by atoms with Crippen LogP contribution in [0.1, 0.15) is 53.9 Å². The Morgan fingerprint density at radius 1 is 1.24 bits per heavy atom. The molecule has 0 atom stereocenters. The van der Waals surface area contributed by atoms with Crippen molar-refractivity contribution in [3.05, 3.63) is 82.9 Å². The second-order valence-corrected chi connectivity index (χ2v) is 9.13. The smallest absolute Gasteiger partial charge is 0.284 e. The second kappa shape index (κ2) is 8.51. The third-order valence-corrected chi connectivity index (χ3v) is 6.60. The molecule has 5 rings (SSSR count). The van der Waals surface area contributed by atoms with Crippen LogP contribution >= 0.6 is 12.2 Å². The number of nitrogens with zero attached hydrogens (tertiary/aromatic N) is 2. The molecule has 2 aliphatic carbocycles. The molecule has 0 radical (unpaired) electrons. The molecule has 0 saturated heterocycles. The summed E-state index contributed by atoms with van der Waals surface area (Å²) in [6.07, 6.45) is 8.11. The molecule has 1 amide bonds. The van der Waals surface area contributed by atoms with E-state index >= 15 is 0 Å². The number of amides is 1. The third-order valence-electron chi connectivity index (χ3n) is 6.28. The number of nitrogens with one attached hydrogen (secondary N) is 2. The van der Waals surface area contributed by atoms with Gasteiger partial charge < -0.3 is 10.6 Å². The summed E-state index contributed by atoms with van der Waals surface area (Å²) in [5, 5.41) is 10.4. The summed E-state index contributed by atoms with van der Waals surface area (Å²) in [5.74, 6) is -0.419. The van der Waals surface area contributed by atoms with Gasteiger partial charge in [-0.05, 0) is 66.5 Å². The van der Waals surface area contributed by atoms with Crippen LogP contribution in [0.3, 0.4) is 0 Å². The van der Waals surface area contributed by atoms with Crippen LogP contribution in [-0.4, -0.2) is 27.0 Å². The van der Waals surface area contributed by atoms with E-state index in [9.17, 15) is 14.0 Å². The highest BCUT2D eigenvalue weighted by atomic mass is 32.1. The van der Waals surface area contributed by atoms with Crippen molar-refractivity contribution in [3.63, 3.8) is 0 Å². The van der Waals surface area contributed by atoms with Crippen LogP contribution in [0.4, 0.5) is 4.39 Å². The standard InChI is InChI=1S/C25H23FN4O2S/c26-20-9-19(10-21(11-20)30-14-18(13-28-30)16-5-6-16)25(7-8-25)29-24(33)22-4-2-1-3-17(22)12-27-23(32)15-31/h1-4,9-11,13-16H,5-8,12H2,(H,27,32)(H,29,33). The van der Waals surface area contributed by atoms with Crippen LogP contribution in [0.5, 0.6) is 0 Å². The van der Waals surface area contributed by atoms with E-state index in [1.54, 1.807) is 10.7 Å². The van der Waals surface area contributed by atoms with Crippen LogP contribution in [0.25, 0.3) is 5.69 Å². The first kappa shape index (κ1) is 21.5. The van der Waals surface area contributed by atoms with Gasteiger partial charge in [-0.2, -0.15) is 5.10 Å². The van der Waals surface area contributed by atoms with E-state index < -0.39 is 11.4 Å². The van der Waals surface area contributed by atoms with E-state index in [-0.39, 0.29) is 18.6 Å². The Hall–Kier alpha value is -3.39. The summed E-state index contributed by atoms with van der Waals surface area (Å²) in [6, 6.07) is 12.4. The summed E-state index contributed by atoms with van der Waals surface area (Å²) in [5.41, 5.74) is 3.83. The highest BCUT2D eigenvalue weighted by Crippen LogP contribution is 2.46. The van der Waals surface area contributed by atoms with Crippen molar-refractivity contribution in [1.29, 1.82) is 0 Å². The van der Waals surface area contributed by atoms with E-state index in [0.717, 1.165) is 29.5 Å². The van der Waals surface area contributed by atoms with Crippen molar-refractivity contribution in [1.82, 2.24) is 20.4 Å². The molecule has 0 spiro atoms. The summed E-state index contributed by atoms with van der Waals surface area (Å²) >= 11 is 5.70. The summed E-state index contributed by atoms with van der Waals surface area (Å²) in [6.45, 7) is 0.190. The topological polar surface area (TPSA) is 76.0 Å². The zero-order valence-electron chi connectivity index (χ0n) is 17.9. The number of hydrogen-bond donors (Lipinski definition) is 2. The number of thiocarbonyl (C=S) groups is 1. The van der Waals surface area contributed by atoms with Crippen LogP contribution in [0.15, 0.2) is 54.9 Å². The molecule has 33 heavy (non-hydrogen) atoms. The first-order chi connectivity index (χ1) is 16.0. The lowest BCUT2D eigenvalue weighted by Crippen LogP contribution is -2.35. The number of halogens is 1. The lowest BCUT2D eigenvalue weighted by molar-refractivity contribution is -0.131. The Balaban J connectivity index is 1.38. The van der Waals surface area contributed by atoms with Crippen molar-refractivity contribution < 1.29 is 14.0 Å². The third kappa shape index (κ3) is 4.57. The maximum Gasteiger partial charge on any atom is 0.284 e. The Kier molecular flexibility index (Phi) is 5.54. The number of aromatic nitrogens is 2. The van der Waals surface area contributed by atoms with Crippen molar-refractivity contribution in [2.24, 2.45) is 0 Å². The molecule has 2 fully saturated rings. The molecule has 1 heterocycles. The molecule has 8 heteroatoms. The monoisotopic (exact) mass is 462 g/mol. The molecule has 0 aliphatic heterocycles. The first-order valence-electron chi connectivity index (χ1n) is 11.0. The SMILES string of the molecule is O=CC(=O)NCc1ccccc1C(=S)NC1(c2cc(F)cc(-n3cc(C4CC4)cn3)c2)CC1. The van der Waals surface area contributed by atoms with Gasteiger partial charge in [0.1, 0.15) is 10.8 Å². The largest absolute Gasteiger partial charge is 0.366 e. The molecule has 3 aromatic rings. The van der Waals surface area contributed by atoms with Crippen LogP contribution < -0.4 is 10.6 Å². The molecule has 0 bridgehead atoms. The molecule has 0 unspecified atom stereocenters. The van der Waals surface area contributed by atoms with Gasteiger partial charge in [0.25, 0.3) is 5.91 Å². The molecule has 2 saturated carbocycles. The molecular weight excluding hydrogens is 439 g/mol. The zero-order chi connectivity index (χ0) is 23.0. The summed E-state index contributed by atoms with van der Waals surface area (Å²) in [4.78, 5) is 22.5. The van der Waals surface area contributed by atoms with Crippen molar-refractivity contribution in [2.75, 3.05) is 0 Å². The number of hydrogen-bond acceptors (Lipinski definition) is 4. The summed E-state index contributed by atoms with van der Waals surface area (Å²) < 4.78 is 16.3. The van der Waals surface area contributed by atoms with Crippen LogP contribution in [0, 0.1) is 5.82 Å². The lowest BCUT2D eigenvalue weighted by Gasteiger charge is -2.22. The predicted octanol–water partition coefficient (Wildman–Crippen LogP) is 3.66. The van der Waals surface area contributed by atoms with Crippen molar-refractivity contribution in [2.45, 2.75) is 43.7 Å². The van der Waals surface area contributed by atoms with Gasteiger partial charge in [-0.15, -0.1) is 0 Å². The van der Waals surface area contributed by atoms with Gasteiger partial charge in [0.2, 0.25) is 6.29 Å². The molecule has 2 N–H and O–H groups in total. The van der Waals surface area contributed by atoms with E-state index in [1.807, 2.05) is 42.7 Å². The molecule has 6 nitrogen and oxygen atoms in total. The highest BCUT2D eigenvalue weighted by molar-refractivity contribution is 7.80. The Morgan fingerprint density at radius 3 is 2.76 bits per heavy atom. The van der Waals surface area contributed by atoms with Crippen molar-refractivity contribution in [3.8, 4) is 5.69 Å². The number of carbonyl (C=O) groups excluding carboxylic acids is 2. The van der Waals surface area contributed by atoms with Crippen molar-refractivity contribution >= 4 is 29.4 Å². The minimum atomic E-state index is -0.682. The number of aldehydes is 1. The Morgan fingerprint density at radius 2 is 2.03 bits per heavy atom. The van der Waals surface area contributed by atoms with Gasteiger partial charge in [-0.1, -0.05) is 36.5 Å². The number of carbonyl (C=O) groups is 2. The van der Waals surface area contributed by atoms with Gasteiger partial charge in [0.05, 0.1) is 17.4 Å². The van der Waals surface area contributed by atoms with Gasteiger partial charge in [0, 0.05) is 18.3 Å². The van der Waals surface area contributed by atoms with Gasteiger partial charge in [-0.25, -0.2) is 9.07 Å². The molecular formula is C25H23FN4O2S. The molecule has 1 aromatic heterocycles. The summed E-state index contributed by atoms with van der Waals surface area (Å²) in [7, 11) is 0. The van der Waals surface area contributed by atoms with Gasteiger partial charge >= 0.3 is 0 Å². The van der Waals surface area contributed by atoms with E-state index in [1.165, 1.54) is 24.5 Å². The quantitative estimate of drug-likeness (QED) is 0.304. The average Bonchev–Trinajstić information content (AvgIpc) is 3.76. The predicted molar refractivity (Wildman–Crippen MR) is 126 cm³/mol. The fourth-order valence-corrected chi connectivity index (χ4v) is 4.50. The lowest BCUT2D eigenvalue weighted by atomic mass is 10.0. The fourth-order valence-electron chi connectivity index (χ4n) is 4.10. The van der Waals surface area contributed by atoms with E-state index in [0.29, 0.717) is 16.6 Å². The van der Waals surface area contributed by atoms with Crippen LogP contribution in [-0.2, 0) is 21.7 Å².